The van der Waals surface area contributed by atoms with Crippen molar-refractivity contribution in [1.29, 1.82) is 0 Å². The van der Waals surface area contributed by atoms with E-state index >= 15 is 0 Å². The van der Waals surface area contributed by atoms with Gasteiger partial charge in [-0.05, 0) is 56.2 Å². The van der Waals surface area contributed by atoms with Gasteiger partial charge in [-0.1, -0.05) is 29.3 Å². The second-order valence-electron chi connectivity index (χ2n) is 7.62. The number of ether oxygens (including phenoxy) is 2. The number of hydrogen-bond donors (Lipinski definition) is 0. The molecule has 0 atom stereocenters. The third-order valence-corrected chi connectivity index (χ3v) is 5.45. The summed E-state index contributed by atoms with van der Waals surface area (Å²) < 4.78 is 11.3. The zero-order valence-electron chi connectivity index (χ0n) is 17.9. The predicted molar refractivity (Wildman–Crippen MR) is 121 cm³/mol. The molecule has 0 bridgehead atoms. The van der Waals surface area contributed by atoms with E-state index in [-0.39, 0.29) is 18.4 Å². The van der Waals surface area contributed by atoms with Crippen molar-refractivity contribution in [2.75, 3.05) is 39.4 Å². The van der Waals surface area contributed by atoms with Crippen LogP contribution in [0, 0.1) is 6.92 Å². The number of hydrogen-bond acceptors (Lipinski definition) is 4. The Balaban J connectivity index is 1.36. The number of halogens is 1. The minimum Gasteiger partial charge on any atom is -0.494 e. The monoisotopic (exact) mass is 444 g/mol. The molecule has 0 N–H and O–H groups in total. The second kappa shape index (κ2) is 11.6. The predicted octanol–water partition coefficient (Wildman–Crippen LogP) is 3.95. The van der Waals surface area contributed by atoms with Gasteiger partial charge in [-0.2, -0.15) is 0 Å². The van der Waals surface area contributed by atoms with E-state index in [2.05, 4.69) is 0 Å². The summed E-state index contributed by atoms with van der Waals surface area (Å²) in [6.07, 6.45) is 1.87. The Hall–Kier alpha value is -2.73. The highest BCUT2D eigenvalue weighted by Gasteiger charge is 2.22. The summed E-state index contributed by atoms with van der Waals surface area (Å²) in [6.45, 7) is 4.88. The Labute approximate surface area is 188 Å². The molecular weight excluding hydrogens is 416 g/mol. The maximum atomic E-state index is 12.6. The molecule has 0 aromatic heterocycles. The first-order valence-corrected chi connectivity index (χ1v) is 11.0. The number of rotatable bonds is 8. The Morgan fingerprint density at radius 2 is 1.42 bits per heavy atom. The molecule has 1 fully saturated rings. The first-order chi connectivity index (χ1) is 15.0. The maximum absolute atomic E-state index is 12.6. The molecule has 31 heavy (non-hydrogen) atoms. The first kappa shape index (κ1) is 22.9. The molecule has 2 aromatic carbocycles. The normalized spacial score (nSPS) is 14.1. The SMILES string of the molecule is Cc1ccc(OCCCC(=O)N2CCCN(C(=O)COc3ccc(Cl)cc3)CC2)cc1. The molecule has 0 radical (unpaired) electrons. The fourth-order valence-corrected chi connectivity index (χ4v) is 3.52. The highest BCUT2D eigenvalue weighted by molar-refractivity contribution is 6.30. The second-order valence-corrected chi connectivity index (χ2v) is 8.06. The molecule has 7 heteroatoms. The lowest BCUT2D eigenvalue weighted by Gasteiger charge is -2.22. The molecule has 0 saturated carbocycles. The summed E-state index contributed by atoms with van der Waals surface area (Å²) in [5.74, 6) is 1.47. The van der Waals surface area contributed by atoms with E-state index in [1.165, 1.54) is 5.56 Å². The van der Waals surface area contributed by atoms with Gasteiger partial charge in [0, 0.05) is 37.6 Å². The van der Waals surface area contributed by atoms with Crippen LogP contribution in [0.3, 0.4) is 0 Å². The van der Waals surface area contributed by atoms with Gasteiger partial charge in [0.05, 0.1) is 6.61 Å². The van der Waals surface area contributed by atoms with E-state index in [0.717, 1.165) is 12.2 Å². The Kier molecular flexibility index (Phi) is 8.59. The molecule has 166 valence electrons. The van der Waals surface area contributed by atoms with Crippen LogP contribution in [-0.2, 0) is 9.59 Å². The van der Waals surface area contributed by atoms with Crippen LogP contribution < -0.4 is 9.47 Å². The van der Waals surface area contributed by atoms with Gasteiger partial charge in [-0.25, -0.2) is 0 Å². The number of nitrogens with zero attached hydrogens (tertiary/aromatic N) is 2. The average Bonchev–Trinajstić information content (AvgIpc) is 3.04. The third kappa shape index (κ3) is 7.47. The summed E-state index contributed by atoms with van der Waals surface area (Å²) in [4.78, 5) is 28.7. The molecule has 6 nitrogen and oxygen atoms in total. The zero-order valence-corrected chi connectivity index (χ0v) is 18.6. The Morgan fingerprint density at radius 1 is 0.839 bits per heavy atom. The molecule has 2 aromatic rings. The summed E-state index contributed by atoms with van der Waals surface area (Å²) in [6, 6.07) is 14.8. The molecule has 0 spiro atoms. The quantitative estimate of drug-likeness (QED) is 0.578. The first-order valence-electron chi connectivity index (χ1n) is 10.6. The van der Waals surface area contributed by atoms with Gasteiger partial charge in [0.1, 0.15) is 11.5 Å². The van der Waals surface area contributed by atoms with Crippen molar-refractivity contribution in [3.05, 3.63) is 59.1 Å². The van der Waals surface area contributed by atoms with Gasteiger partial charge in [0.2, 0.25) is 5.91 Å². The summed E-state index contributed by atoms with van der Waals surface area (Å²) in [7, 11) is 0. The molecular formula is C24H29ClN2O4. The van der Waals surface area contributed by atoms with Crippen LogP contribution >= 0.6 is 11.6 Å². The lowest BCUT2D eigenvalue weighted by atomic mass is 10.2. The van der Waals surface area contributed by atoms with Gasteiger partial charge >= 0.3 is 0 Å². The van der Waals surface area contributed by atoms with Crippen molar-refractivity contribution in [2.24, 2.45) is 0 Å². The molecule has 0 aliphatic carbocycles. The van der Waals surface area contributed by atoms with E-state index in [1.54, 1.807) is 29.2 Å². The van der Waals surface area contributed by atoms with Crippen LogP contribution in [0.2, 0.25) is 5.02 Å². The standard InChI is InChI=1S/C24H29ClN2O4/c1-19-5-9-21(10-6-19)30-17-2-4-23(28)26-13-3-14-27(16-15-26)24(29)18-31-22-11-7-20(25)8-12-22/h5-12H,2-4,13-18H2,1H3. The van der Waals surface area contributed by atoms with E-state index in [1.807, 2.05) is 36.1 Å². The van der Waals surface area contributed by atoms with Crippen molar-refractivity contribution in [3.8, 4) is 11.5 Å². The Bertz CT molecular complexity index is 855. The maximum Gasteiger partial charge on any atom is 0.260 e. The van der Waals surface area contributed by atoms with Crippen molar-refractivity contribution < 1.29 is 19.1 Å². The number of amides is 2. The molecule has 3 rings (SSSR count). The number of benzene rings is 2. The summed E-state index contributed by atoms with van der Waals surface area (Å²) in [5, 5.41) is 0.623. The van der Waals surface area contributed by atoms with E-state index < -0.39 is 0 Å². The summed E-state index contributed by atoms with van der Waals surface area (Å²) >= 11 is 5.86. The van der Waals surface area contributed by atoms with E-state index in [9.17, 15) is 9.59 Å². The average molecular weight is 445 g/mol. The molecule has 1 aliphatic heterocycles. The number of carbonyl (C=O) groups excluding carboxylic acids is 2. The van der Waals surface area contributed by atoms with Gasteiger partial charge in [-0.3, -0.25) is 9.59 Å². The van der Waals surface area contributed by atoms with Crippen LogP contribution in [0.15, 0.2) is 48.5 Å². The van der Waals surface area contributed by atoms with Crippen LogP contribution in [0.5, 0.6) is 11.5 Å². The highest BCUT2D eigenvalue weighted by atomic mass is 35.5. The minimum atomic E-state index is -0.0734. The topological polar surface area (TPSA) is 59.1 Å². The zero-order chi connectivity index (χ0) is 22.1. The van der Waals surface area contributed by atoms with Crippen molar-refractivity contribution >= 4 is 23.4 Å². The van der Waals surface area contributed by atoms with Crippen LogP contribution in [0.1, 0.15) is 24.8 Å². The van der Waals surface area contributed by atoms with Gasteiger partial charge in [-0.15, -0.1) is 0 Å². The van der Waals surface area contributed by atoms with Crippen molar-refractivity contribution in [2.45, 2.75) is 26.2 Å². The van der Waals surface area contributed by atoms with E-state index in [0.29, 0.717) is 56.4 Å². The molecule has 1 heterocycles. The minimum absolute atomic E-state index is 0.0219. The molecule has 0 unspecified atom stereocenters. The van der Waals surface area contributed by atoms with Gasteiger partial charge in [0.25, 0.3) is 5.91 Å². The van der Waals surface area contributed by atoms with Crippen molar-refractivity contribution in [3.63, 3.8) is 0 Å². The largest absolute Gasteiger partial charge is 0.494 e. The van der Waals surface area contributed by atoms with Crippen LogP contribution in [-0.4, -0.2) is 61.0 Å². The highest BCUT2D eigenvalue weighted by Crippen LogP contribution is 2.16. The molecule has 1 saturated heterocycles. The van der Waals surface area contributed by atoms with Crippen LogP contribution in [0.25, 0.3) is 0 Å². The van der Waals surface area contributed by atoms with Crippen LogP contribution in [0.4, 0.5) is 0 Å². The van der Waals surface area contributed by atoms with Crippen molar-refractivity contribution in [1.82, 2.24) is 9.80 Å². The Morgan fingerprint density at radius 3 is 2.10 bits per heavy atom. The molecule has 1 aliphatic rings. The summed E-state index contributed by atoms with van der Waals surface area (Å²) in [5.41, 5.74) is 1.19. The number of aryl methyl sites for hydroxylation is 1. The fraction of sp³-hybridized carbons (Fsp3) is 0.417. The lowest BCUT2D eigenvalue weighted by Crippen LogP contribution is -2.39. The third-order valence-electron chi connectivity index (χ3n) is 5.20. The number of carbonyl (C=O) groups is 2. The van der Waals surface area contributed by atoms with Gasteiger partial charge < -0.3 is 19.3 Å². The molecule has 2 amide bonds. The fourth-order valence-electron chi connectivity index (χ4n) is 3.39. The lowest BCUT2D eigenvalue weighted by molar-refractivity contribution is -0.134. The van der Waals surface area contributed by atoms with Gasteiger partial charge in [0.15, 0.2) is 6.61 Å². The van der Waals surface area contributed by atoms with E-state index in [4.69, 9.17) is 21.1 Å². The smallest absolute Gasteiger partial charge is 0.260 e.